The SMILES string of the molecule is N[C@@H](Cc1ccsc1)C(=O)NCC(=O)O. The van der Waals surface area contributed by atoms with Gasteiger partial charge in [-0.2, -0.15) is 11.3 Å². The molecule has 1 rings (SSSR count). The van der Waals surface area contributed by atoms with E-state index in [4.69, 9.17) is 10.8 Å². The molecule has 0 saturated heterocycles. The minimum atomic E-state index is -1.08. The van der Waals surface area contributed by atoms with Crippen LogP contribution in [0.25, 0.3) is 0 Å². The fourth-order valence-corrected chi connectivity index (χ4v) is 1.73. The topological polar surface area (TPSA) is 92.4 Å². The van der Waals surface area contributed by atoms with Crippen LogP contribution in [0.15, 0.2) is 16.8 Å². The minimum Gasteiger partial charge on any atom is -0.480 e. The molecule has 1 aromatic heterocycles. The highest BCUT2D eigenvalue weighted by molar-refractivity contribution is 7.07. The van der Waals surface area contributed by atoms with Gasteiger partial charge in [0.25, 0.3) is 0 Å². The summed E-state index contributed by atoms with van der Waals surface area (Å²) in [6.07, 6.45) is 0.426. The van der Waals surface area contributed by atoms with Crippen LogP contribution in [0.1, 0.15) is 5.56 Å². The number of carboxylic acid groups (broad SMARTS) is 1. The molecule has 1 heterocycles. The summed E-state index contributed by atoms with van der Waals surface area (Å²) in [6.45, 7) is -0.393. The number of hydrogen-bond acceptors (Lipinski definition) is 4. The van der Waals surface area contributed by atoms with Crippen molar-refractivity contribution in [2.75, 3.05) is 6.54 Å². The lowest BCUT2D eigenvalue weighted by molar-refractivity contribution is -0.138. The van der Waals surface area contributed by atoms with Crippen LogP contribution in [0, 0.1) is 0 Å². The standard InChI is InChI=1S/C9H12N2O3S/c10-7(3-6-1-2-15-5-6)9(14)11-4-8(12)13/h1-2,5,7H,3-4,10H2,(H,11,14)(H,12,13)/t7-/m0/s1. The Balaban J connectivity index is 2.36. The molecule has 0 spiro atoms. The van der Waals surface area contributed by atoms with Crippen LogP contribution < -0.4 is 11.1 Å². The van der Waals surface area contributed by atoms with Crippen LogP contribution in [0.3, 0.4) is 0 Å². The summed E-state index contributed by atoms with van der Waals surface area (Å²) in [5.74, 6) is -1.52. The summed E-state index contributed by atoms with van der Waals surface area (Å²) in [4.78, 5) is 21.5. The first-order chi connectivity index (χ1) is 7.09. The number of aliphatic carboxylic acids is 1. The average molecular weight is 228 g/mol. The summed E-state index contributed by atoms with van der Waals surface area (Å²) >= 11 is 1.53. The van der Waals surface area contributed by atoms with Crippen molar-refractivity contribution in [2.24, 2.45) is 5.73 Å². The van der Waals surface area contributed by atoms with Crippen LogP contribution in [0.4, 0.5) is 0 Å². The Bertz CT molecular complexity index is 337. The molecule has 0 saturated carbocycles. The van der Waals surface area contributed by atoms with Gasteiger partial charge in [0.05, 0.1) is 6.04 Å². The second-order valence-electron chi connectivity index (χ2n) is 3.05. The van der Waals surface area contributed by atoms with Gasteiger partial charge in [-0.3, -0.25) is 9.59 Å². The zero-order valence-corrected chi connectivity index (χ0v) is 8.79. The van der Waals surface area contributed by atoms with E-state index >= 15 is 0 Å². The molecule has 82 valence electrons. The molecule has 0 aliphatic carbocycles. The van der Waals surface area contributed by atoms with Crippen molar-refractivity contribution >= 4 is 23.2 Å². The Kier molecular flexibility index (Phi) is 4.26. The van der Waals surface area contributed by atoms with Gasteiger partial charge in [0.1, 0.15) is 6.54 Å². The van der Waals surface area contributed by atoms with Crippen LogP contribution >= 0.6 is 11.3 Å². The van der Waals surface area contributed by atoms with Gasteiger partial charge in [0.2, 0.25) is 5.91 Å². The number of rotatable bonds is 5. The Hall–Kier alpha value is -1.40. The lowest BCUT2D eigenvalue weighted by Crippen LogP contribution is -2.43. The average Bonchev–Trinajstić information content (AvgIpc) is 2.66. The first kappa shape index (κ1) is 11.7. The molecule has 5 nitrogen and oxygen atoms in total. The number of nitrogens with one attached hydrogen (secondary N) is 1. The molecule has 0 aromatic carbocycles. The maximum absolute atomic E-state index is 11.3. The highest BCUT2D eigenvalue weighted by Gasteiger charge is 2.14. The third-order valence-corrected chi connectivity index (χ3v) is 2.52. The summed E-state index contributed by atoms with van der Waals surface area (Å²) in [5, 5.41) is 14.4. The minimum absolute atomic E-state index is 0.393. The van der Waals surface area contributed by atoms with Crippen LogP contribution in [-0.2, 0) is 16.0 Å². The van der Waals surface area contributed by atoms with E-state index in [0.717, 1.165) is 5.56 Å². The quantitative estimate of drug-likeness (QED) is 0.651. The maximum Gasteiger partial charge on any atom is 0.322 e. The molecule has 1 aromatic rings. The Morgan fingerprint density at radius 2 is 2.33 bits per heavy atom. The van der Waals surface area contributed by atoms with Crippen molar-refractivity contribution in [3.8, 4) is 0 Å². The zero-order chi connectivity index (χ0) is 11.3. The first-order valence-corrected chi connectivity index (χ1v) is 5.30. The Labute approximate surface area is 90.9 Å². The molecule has 0 aliphatic heterocycles. The van der Waals surface area contributed by atoms with Crippen molar-refractivity contribution in [3.63, 3.8) is 0 Å². The highest BCUT2D eigenvalue weighted by Crippen LogP contribution is 2.07. The molecule has 0 fully saturated rings. The van der Waals surface area contributed by atoms with Gasteiger partial charge in [-0.15, -0.1) is 0 Å². The number of carbonyl (C=O) groups excluding carboxylic acids is 1. The smallest absolute Gasteiger partial charge is 0.322 e. The van der Waals surface area contributed by atoms with Crippen molar-refractivity contribution in [1.82, 2.24) is 5.32 Å². The maximum atomic E-state index is 11.3. The van der Waals surface area contributed by atoms with Gasteiger partial charge in [-0.1, -0.05) is 0 Å². The van der Waals surface area contributed by atoms with Gasteiger partial charge < -0.3 is 16.2 Å². The number of carboxylic acids is 1. The van der Waals surface area contributed by atoms with Crippen molar-refractivity contribution in [2.45, 2.75) is 12.5 Å². The monoisotopic (exact) mass is 228 g/mol. The normalized spacial score (nSPS) is 12.1. The van der Waals surface area contributed by atoms with E-state index in [1.807, 2.05) is 16.8 Å². The van der Waals surface area contributed by atoms with Gasteiger partial charge in [-0.05, 0) is 28.8 Å². The summed E-state index contributed by atoms with van der Waals surface area (Å²) in [5.41, 5.74) is 6.58. The van der Waals surface area contributed by atoms with E-state index in [1.165, 1.54) is 11.3 Å². The summed E-state index contributed by atoms with van der Waals surface area (Å²) in [7, 11) is 0. The number of thiophene rings is 1. The van der Waals surface area contributed by atoms with E-state index in [-0.39, 0.29) is 0 Å². The predicted octanol–water partition coefficient (Wildman–Crippen LogP) is -0.181. The lowest BCUT2D eigenvalue weighted by atomic mass is 10.1. The second-order valence-corrected chi connectivity index (χ2v) is 3.83. The van der Waals surface area contributed by atoms with Crippen LogP contribution in [0.2, 0.25) is 0 Å². The van der Waals surface area contributed by atoms with Gasteiger partial charge in [-0.25, -0.2) is 0 Å². The molecular formula is C9H12N2O3S. The van der Waals surface area contributed by atoms with E-state index in [9.17, 15) is 9.59 Å². The molecule has 0 unspecified atom stereocenters. The molecule has 0 bridgehead atoms. The predicted molar refractivity (Wildman–Crippen MR) is 56.6 cm³/mol. The van der Waals surface area contributed by atoms with Gasteiger partial charge in [0.15, 0.2) is 0 Å². The molecule has 4 N–H and O–H groups in total. The van der Waals surface area contributed by atoms with E-state index < -0.39 is 24.5 Å². The lowest BCUT2D eigenvalue weighted by Gasteiger charge is -2.09. The third kappa shape index (κ3) is 4.09. The molecule has 1 atom stereocenters. The molecular weight excluding hydrogens is 216 g/mol. The number of amides is 1. The van der Waals surface area contributed by atoms with Gasteiger partial charge in [0, 0.05) is 0 Å². The first-order valence-electron chi connectivity index (χ1n) is 4.35. The second kappa shape index (κ2) is 5.47. The largest absolute Gasteiger partial charge is 0.480 e. The fourth-order valence-electron chi connectivity index (χ4n) is 1.05. The van der Waals surface area contributed by atoms with E-state index in [0.29, 0.717) is 6.42 Å². The fraction of sp³-hybridized carbons (Fsp3) is 0.333. The number of hydrogen-bond donors (Lipinski definition) is 3. The van der Waals surface area contributed by atoms with E-state index in [1.54, 1.807) is 0 Å². The Morgan fingerprint density at radius 1 is 1.60 bits per heavy atom. The Morgan fingerprint density at radius 3 is 2.87 bits per heavy atom. The molecule has 15 heavy (non-hydrogen) atoms. The highest BCUT2D eigenvalue weighted by atomic mass is 32.1. The summed E-state index contributed by atoms with van der Waals surface area (Å²) < 4.78 is 0. The van der Waals surface area contributed by atoms with E-state index in [2.05, 4.69) is 5.32 Å². The van der Waals surface area contributed by atoms with Crippen LogP contribution in [-0.4, -0.2) is 29.6 Å². The van der Waals surface area contributed by atoms with Crippen LogP contribution in [0.5, 0.6) is 0 Å². The van der Waals surface area contributed by atoms with Crippen molar-refractivity contribution in [3.05, 3.63) is 22.4 Å². The number of nitrogens with two attached hydrogens (primary N) is 1. The summed E-state index contributed by atoms with van der Waals surface area (Å²) in [6, 6.07) is 1.19. The third-order valence-electron chi connectivity index (χ3n) is 1.79. The zero-order valence-electron chi connectivity index (χ0n) is 7.97. The van der Waals surface area contributed by atoms with Crippen molar-refractivity contribution in [1.29, 1.82) is 0 Å². The molecule has 6 heteroatoms. The molecule has 0 aliphatic rings. The van der Waals surface area contributed by atoms with Gasteiger partial charge >= 0.3 is 5.97 Å². The molecule has 0 radical (unpaired) electrons. The van der Waals surface area contributed by atoms with Crippen molar-refractivity contribution < 1.29 is 14.7 Å². The molecule has 1 amide bonds. The number of carbonyl (C=O) groups is 2.